The summed E-state index contributed by atoms with van der Waals surface area (Å²) < 4.78 is 5.53. The van der Waals surface area contributed by atoms with Crippen LogP contribution >= 0.6 is 11.6 Å². The van der Waals surface area contributed by atoms with Gasteiger partial charge in [-0.1, -0.05) is 29.8 Å². The first kappa shape index (κ1) is 19.7. The molecular weight excluding hydrogens is 388 g/mol. The Hall–Kier alpha value is -2.57. The number of halogens is 1. The highest BCUT2D eigenvalue weighted by Gasteiger charge is 2.25. The third-order valence-electron chi connectivity index (χ3n) is 5.36. The van der Waals surface area contributed by atoms with Crippen LogP contribution in [-0.2, 0) is 0 Å². The lowest BCUT2D eigenvalue weighted by Crippen LogP contribution is -2.47. The van der Waals surface area contributed by atoms with Gasteiger partial charge >= 0.3 is 0 Å². The maximum atomic E-state index is 12.8. The van der Waals surface area contributed by atoms with Crippen molar-refractivity contribution in [1.82, 2.24) is 14.8 Å². The zero-order valence-electron chi connectivity index (χ0n) is 16.3. The number of pyridine rings is 1. The molecule has 0 atom stereocenters. The van der Waals surface area contributed by atoms with Crippen LogP contribution in [-0.4, -0.2) is 60.0 Å². The second-order valence-corrected chi connectivity index (χ2v) is 7.62. The van der Waals surface area contributed by atoms with E-state index in [4.69, 9.17) is 16.3 Å². The molecule has 0 saturated carbocycles. The molecule has 1 fully saturated rings. The average molecular weight is 413 g/mol. The summed E-state index contributed by atoms with van der Waals surface area (Å²) >= 11 is 6.29. The number of para-hydroxylation sites is 1. The molecule has 1 saturated heterocycles. The second-order valence-electron chi connectivity index (χ2n) is 7.24. The van der Waals surface area contributed by atoms with Gasteiger partial charge in [-0.25, -0.2) is 4.98 Å². The van der Waals surface area contributed by atoms with E-state index in [2.05, 4.69) is 20.9 Å². The number of hydrogen-bond donors (Lipinski definition) is 0. The minimum atomic E-state index is -0.108. The predicted octanol–water partition coefficient (Wildman–Crippen LogP) is 3.56. The normalized spacial score (nSPS) is 17.4. The first-order chi connectivity index (χ1) is 14.2. The Bertz CT molecular complexity index is 866. The number of piperazine rings is 1. The van der Waals surface area contributed by atoms with E-state index in [0.717, 1.165) is 51.4 Å². The van der Waals surface area contributed by atoms with E-state index in [1.807, 2.05) is 30.5 Å². The number of ether oxygens (including phenoxy) is 1. The summed E-state index contributed by atoms with van der Waals surface area (Å²) in [5.74, 6) is 1.49. The van der Waals surface area contributed by atoms with Crippen molar-refractivity contribution in [2.45, 2.75) is 12.8 Å². The van der Waals surface area contributed by atoms with Crippen LogP contribution in [0.5, 0.6) is 5.75 Å². The Kier molecular flexibility index (Phi) is 6.32. The number of aromatic nitrogens is 1. The standard InChI is InChI=1S/C22H25ClN4O2/c23-20-17-29-19-8-2-1-7-18(19)22(28)27(20)12-6-5-11-25-13-15-26(16-14-25)21-9-3-4-10-24-21/h1-4,7-10,17H,5-6,11-16H2. The van der Waals surface area contributed by atoms with Gasteiger partial charge in [-0.15, -0.1) is 0 Å². The zero-order valence-corrected chi connectivity index (χ0v) is 17.1. The van der Waals surface area contributed by atoms with Crippen LogP contribution in [0.3, 0.4) is 0 Å². The fourth-order valence-corrected chi connectivity index (χ4v) is 3.93. The number of carbonyl (C=O) groups excluding carboxylic acids is 1. The van der Waals surface area contributed by atoms with Gasteiger partial charge in [0.25, 0.3) is 5.91 Å². The van der Waals surface area contributed by atoms with E-state index < -0.39 is 0 Å². The number of hydrogen-bond acceptors (Lipinski definition) is 5. The first-order valence-corrected chi connectivity index (χ1v) is 10.4. The van der Waals surface area contributed by atoms with E-state index in [1.54, 1.807) is 17.0 Å². The highest BCUT2D eigenvalue weighted by atomic mass is 35.5. The van der Waals surface area contributed by atoms with E-state index in [1.165, 1.54) is 6.26 Å². The minimum Gasteiger partial charge on any atom is -0.461 e. The van der Waals surface area contributed by atoms with Crippen molar-refractivity contribution in [1.29, 1.82) is 0 Å². The van der Waals surface area contributed by atoms with Crippen LogP contribution in [0.15, 0.2) is 60.1 Å². The van der Waals surface area contributed by atoms with Crippen LogP contribution in [0.1, 0.15) is 23.2 Å². The van der Waals surface area contributed by atoms with Gasteiger partial charge < -0.3 is 9.64 Å². The second kappa shape index (κ2) is 9.29. The number of carbonyl (C=O) groups is 1. The van der Waals surface area contributed by atoms with Gasteiger partial charge in [0.1, 0.15) is 23.0 Å². The van der Waals surface area contributed by atoms with Gasteiger partial charge in [-0.05, 0) is 43.7 Å². The third-order valence-corrected chi connectivity index (χ3v) is 5.65. The SMILES string of the molecule is O=C1c2ccccc2OC=C(Cl)N1CCCCN1CCN(c2ccccn2)CC1. The topological polar surface area (TPSA) is 48.9 Å². The molecule has 1 amide bonds. The molecule has 4 rings (SSSR count). The number of anilines is 1. The number of rotatable bonds is 6. The molecule has 1 aromatic heterocycles. The Balaban J connectivity index is 1.23. The van der Waals surface area contributed by atoms with Crippen LogP contribution in [0.25, 0.3) is 0 Å². The number of nitrogens with zero attached hydrogens (tertiary/aromatic N) is 4. The van der Waals surface area contributed by atoms with Gasteiger partial charge in [0.15, 0.2) is 0 Å². The lowest BCUT2D eigenvalue weighted by Gasteiger charge is -2.35. The highest BCUT2D eigenvalue weighted by Crippen LogP contribution is 2.27. The lowest BCUT2D eigenvalue weighted by molar-refractivity contribution is 0.0814. The van der Waals surface area contributed by atoms with Gasteiger partial charge in [-0.3, -0.25) is 14.6 Å². The molecule has 2 aromatic rings. The Morgan fingerprint density at radius 1 is 0.966 bits per heavy atom. The summed E-state index contributed by atoms with van der Waals surface area (Å²) in [6, 6.07) is 13.3. The third kappa shape index (κ3) is 4.71. The monoisotopic (exact) mass is 412 g/mol. The first-order valence-electron chi connectivity index (χ1n) is 10.0. The molecule has 0 aliphatic carbocycles. The number of amides is 1. The molecule has 2 aliphatic rings. The molecule has 6 nitrogen and oxygen atoms in total. The van der Waals surface area contributed by atoms with E-state index in [0.29, 0.717) is 23.0 Å². The zero-order chi connectivity index (χ0) is 20.1. The smallest absolute Gasteiger partial charge is 0.262 e. The van der Waals surface area contributed by atoms with Gasteiger partial charge in [0, 0.05) is 38.9 Å². The van der Waals surface area contributed by atoms with E-state index >= 15 is 0 Å². The van der Waals surface area contributed by atoms with Crippen molar-refractivity contribution in [3.05, 3.63) is 65.6 Å². The van der Waals surface area contributed by atoms with Crippen molar-refractivity contribution in [2.24, 2.45) is 0 Å². The minimum absolute atomic E-state index is 0.108. The predicted molar refractivity (Wildman–Crippen MR) is 114 cm³/mol. The molecule has 0 bridgehead atoms. The molecule has 0 unspecified atom stereocenters. The Morgan fingerprint density at radius 2 is 1.72 bits per heavy atom. The fourth-order valence-electron chi connectivity index (χ4n) is 3.72. The summed E-state index contributed by atoms with van der Waals surface area (Å²) in [6.45, 7) is 5.64. The van der Waals surface area contributed by atoms with Crippen LogP contribution in [0.4, 0.5) is 5.82 Å². The molecule has 0 radical (unpaired) electrons. The van der Waals surface area contributed by atoms with Crippen molar-refractivity contribution in [3.63, 3.8) is 0 Å². The maximum Gasteiger partial charge on any atom is 0.262 e. The van der Waals surface area contributed by atoms with Crippen molar-refractivity contribution in [3.8, 4) is 5.75 Å². The molecule has 7 heteroatoms. The number of benzene rings is 1. The van der Waals surface area contributed by atoms with E-state index in [-0.39, 0.29) is 5.91 Å². The van der Waals surface area contributed by atoms with Gasteiger partial charge in [-0.2, -0.15) is 0 Å². The summed E-state index contributed by atoms with van der Waals surface area (Å²) in [5, 5.41) is 0.329. The summed E-state index contributed by atoms with van der Waals surface area (Å²) in [6.07, 6.45) is 5.19. The molecule has 29 heavy (non-hydrogen) atoms. The van der Waals surface area contributed by atoms with Crippen molar-refractivity contribution < 1.29 is 9.53 Å². The van der Waals surface area contributed by atoms with Crippen LogP contribution in [0, 0.1) is 0 Å². The summed E-state index contributed by atoms with van der Waals surface area (Å²) in [5.41, 5.74) is 0.546. The quantitative estimate of drug-likeness (QED) is 0.536. The lowest BCUT2D eigenvalue weighted by atomic mass is 10.1. The molecular formula is C22H25ClN4O2. The number of fused-ring (bicyclic) bond motifs is 1. The van der Waals surface area contributed by atoms with Crippen LogP contribution in [0.2, 0.25) is 0 Å². The molecule has 0 spiro atoms. The van der Waals surface area contributed by atoms with Gasteiger partial charge in [0.2, 0.25) is 0 Å². The molecule has 1 aromatic carbocycles. The largest absolute Gasteiger partial charge is 0.461 e. The van der Waals surface area contributed by atoms with Crippen molar-refractivity contribution >= 4 is 23.3 Å². The van der Waals surface area contributed by atoms with Gasteiger partial charge in [0.05, 0.1) is 5.56 Å². The molecule has 2 aliphatic heterocycles. The van der Waals surface area contributed by atoms with Crippen LogP contribution < -0.4 is 9.64 Å². The highest BCUT2D eigenvalue weighted by molar-refractivity contribution is 6.30. The van der Waals surface area contributed by atoms with E-state index in [9.17, 15) is 4.79 Å². The Morgan fingerprint density at radius 3 is 2.52 bits per heavy atom. The average Bonchev–Trinajstić information content (AvgIpc) is 2.89. The molecule has 0 N–H and O–H groups in total. The molecule has 3 heterocycles. The maximum absolute atomic E-state index is 12.8. The Labute approximate surface area is 176 Å². The summed E-state index contributed by atoms with van der Waals surface area (Å²) in [4.78, 5) is 23.7. The van der Waals surface area contributed by atoms with Crippen molar-refractivity contribution in [2.75, 3.05) is 44.2 Å². The fraction of sp³-hybridized carbons (Fsp3) is 0.364. The summed E-state index contributed by atoms with van der Waals surface area (Å²) in [7, 11) is 0. The number of unbranched alkanes of at least 4 members (excludes halogenated alkanes) is 1. The molecule has 152 valence electrons.